The van der Waals surface area contributed by atoms with E-state index in [2.05, 4.69) is 54.6 Å². The van der Waals surface area contributed by atoms with Crippen molar-refractivity contribution in [1.82, 2.24) is 9.55 Å². The van der Waals surface area contributed by atoms with Crippen LogP contribution in [0, 0.1) is 12.8 Å². The van der Waals surface area contributed by atoms with Crippen molar-refractivity contribution in [2.24, 2.45) is 11.7 Å². The predicted octanol–water partition coefficient (Wildman–Crippen LogP) is 2.88. The lowest BCUT2D eigenvalue weighted by molar-refractivity contribution is 0.489. The molecule has 3 heteroatoms. The number of imidazole rings is 1. The molecule has 1 heterocycles. The van der Waals surface area contributed by atoms with E-state index in [-0.39, 0.29) is 0 Å². The fourth-order valence-electron chi connectivity index (χ4n) is 2.35. The van der Waals surface area contributed by atoms with Crippen LogP contribution >= 0.6 is 0 Å². The van der Waals surface area contributed by atoms with E-state index in [0.29, 0.717) is 18.4 Å². The minimum absolute atomic E-state index is 0.340. The molecule has 0 amide bonds. The lowest BCUT2D eigenvalue weighted by atomic mass is 9.93. The predicted molar refractivity (Wildman–Crippen MR) is 74.9 cm³/mol. The third kappa shape index (κ3) is 2.31. The largest absolute Gasteiger partial charge is 0.330 e. The quantitative estimate of drug-likeness (QED) is 0.897. The molecule has 2 aromatic rings. The lowest BCUT2D eigenvalue weighted by Gasteiger charge is -2.21. The normalized spacial score (nSPS) is 12.9. The van der Waals surface area contributed by atoms with Crippen molar-refractivity contribution in [3.63, 3.8) is 0 Å². The maximum Gasteiger partial charge on any atom is 0.0994 e. The van der Waals surface area contributed by atoms with Crippen molar-refractivity contribution in [3.05, 3.63) is 48.0 Å². The van der Waals surface area contributed by atoms with Gasteiger partial charge in [0.2, 0.25) is 0 Å². The maximum atomic E-state index is 5.91. The summed E-state index contributed by atoms with van der Waals surface area (Å²) in [6.45, 7) is 7.17. The highest BCUT2D eigenvalue weighted by Crippen LogP contribution is 2.26. The van der Waals surface area contributed by atoms with Gasteiger partial charge in [-0.2, -0.15) is 0 Å². The zero-order chi connectivity index (χ0) is 13.1. The minimum Gasteiger partial charge on any atom is -0.330 e. The van der Waals surface area contributed by atoms with Crippen LogP contribution in [0.2, 0.25) is 0 Å². The zero-order valence-corrected chi connectivity index (χ0v) is 11.3. The van der Waals surface area contributed by atoms with Gasteiger partial charge in [-0.1, -0.05) is 32.0 Å². The first kappa shape index (κ1) is 12.8. The summed E-state index contributed by atoms with van der Waals surface area (Å²) in [6.07, 6.45) is 3.81. The summed E-state index contributed by atoms with van der Waals surface area (Å²) in [5.74, 6) is 0.849. The molecule has 0 fully saturated rings. The first-order chi connectivity index (χ1) is 8.65. The zero-order valence-electron chi connectivity index (χ0n) is 11.3. The van der Waals surface area contributed by atoms with Crippen LogP contribution in [0.3, 0.4) is 0 Å². The van der Waals surface area contributed by atoms with Gasteiger partial charge in [0.15, 0.2) is 0 Å². The Hall–Kier alpha value is -1.61. The summed E-state index contributed by atoms with van der Waals surface area (Å²) in [5, 5.41) is 0. The number of para-hydroxylation sites is 1. The molecule has 2 N–H and O–H groups in total. The second kappa shape index (κ2) is 5.36. The van der Waals surface area contributed by atoms with Crippen LogP contribution in [-0.4, -0.2) is 16.1 Å². The Morgan fingerprint density at radius 3 is 2.61 bits per heavy atom. The molecule has 18 heavy (non-hydrogen) atoms. The van der Waals surface area contributed by atoms with Crippen molar-refractivity contribution >= 4 is 0 Å². The van der Waals surface area contributed by atoms with Gasteiger partial charge < -0.3 is 10.3 Å². The molecule has 0 saturated heterocycles. The van der Waals surface area contributed by atoms with Crippen LogP contribution in [0.1, 0.15) is 31.0 Å². The van der Waals surface area contributed by atoms with Crippen LogP contribution in [0.15, 0.2) is 36.8 Å². The highest BCUT2D eigenvalue weighted by molar-refractivity contribution is 5.41. The monoisotopic (exact) mass is 243 g/mol. The summed E-state index contributed by atoms with van der Waals surface area (Å²) in [5.41, 5.74) is 9.54. The van der Waals surface area contributed by atoms with Gasteiger partial charge in [-0.05, 0) is 24.5 Å². The third-order valence-electron chi connectivity index (χ3n) is 3.48. The standard InChI is InChI=1S/C15H21N3/c1-11(2)13(8-16)15-9-17-10-18(15)14-7-5-4-6-12(14)3/h4-7,9-11,13H,8,16H2,1-3H3. The van der Waals surface area contributed by atoms with Gasteiger partial charge >= 0.3 is 0 Å². The number of nitrogens with two attached hydrogens (primary N) is 1. The molecule has 0 aliphatic carbocycles. The van der Waals surface area contributed by atoms with E-state index in [9.17, 15) is 0 Å². The Morgan fingerprint density at radius 2 is 2.00 bits per heavy atom. The molecule has 2 rings (SSSR count). The summed E-state index contributed by atoms with van der Waals surface area (Å²) in [4.78, 5) is 4.30. The fraction of sp³-hybridized carbons (Fsp3) is 0.400. The Balaban J connectivity index is 2.48. The van der Waals surface area contributed by atoms with Crippen LogP contribution in [-0.2, 0) is 0 Å². The number of rotatable bonds is 4. The van der Waals surface area contributed by atoms with Gasteiger partial charge in [-0.25, -0.2) is 4.98 Å². The van der Waals surface area contributed by atoms with E-state index >= 15 is 0 Å². The van der Waals surface area contributed by atoms with E-state index in [4.69, 9.17) is 5.73 Å². The van der Waals surface area contributed by atoms with E-state index in [1.54, 1.807) is 0 Å². The van der Waals surface area contributed by atoms with Crippen molar-refractivity contribution in [2.45, 2.75) is 26.7 Å². The highest BCUT2D eigenvalue weighted by Gasteiger charge is 2.19. The lowest BCUT2D eigenvalue weighted by Crippen LogP contribution is -2.20. The molecule has 1 aromatic carbocycles. The Morgan fingerprint density at radius 1 is 1.28 bits per heavy atom. The van der Waals surface area contributed by atoms with E-state index < -0.39 is 0 Å². The van der Waals surface area contributed by atoms with Gasteiger partial charge in [-0.3, -0.25) is 0 Å². The summed E-state index contributed by atoms with van der Waals surface area (Å²) >= 11 is 0. The number of aromatic nitrogens is 2. The first-order valence-electron chi connectivity index (χ1n) is 6.43. The summed E-state index contributed by atoms with van der Waals surface area (Å²) in [6, 6.07) is 8.34. The minimum atomic E-state index is 0.340. The molecule has 0 spiro atoms. The van der Waals surface area contributed by atoms with Crippen LogP contribution in [0.5, 0.6) is 0 Å². The summed E-state index contributed by atoms with van der Waals surface area (Å²) < 4.78 is 2.16. The Labute approximate surface area is 109 Å². The molecule has 1 unspecified atom stereocenters. The van der Waals surface area contributed by atoms with Crippen molar-refractivity contribution in [1.29, 1.82) is 0 Å². The maximum absolute atomic E-state index is 5.91. The van der Waals surface area contributed by atoms with E-state index in [0.717, 1.165) is 0 Å². The SMILES string of the molecule is Cc1ccccc1-n1cncc1C(CN)C(C)C. The summed E-state index contributed by atoms with van der Waals surface area (Å²) in [7, 11) is 0. The van der Waals surface area contributed by atoms with Gasteiger partial charge in [0.05, 0.1) is 6.33 Å². The van der Waals surface area contributed by atoms with Crippen LogP contribution in [0.25, 0.3) is 5.69 Å². The highest BCUT2D eigenvalue weighted by atomic mass is 15.1. The molecule has 0 aliphatic heterocycles. The molecule has 3 nitrogen and oxygen atoms in total. The van der Waals surface area contributed by atoms with Crippen LogP contribution < -0.4 is 5.73 Å². The average Bonchev–Trinajstić information content (AvgIpc) is 2.79. The average molecular weight is 243 g/mol. The molecular weight excluding hydrogens is 222 g/mol. The van der Waals surface area contributed by atoms with Crippen molar-refractivity contribution < 1.29 is 0 Å². The van der Waals surface area contributed by atoms with E-state index in [1.807, 2.05) is 12.5 Å². The van der Waals surface area contributed by atoms with Gasteiger partial charge in [0, 0.05) is 30.0 Å². The second-order valence-corrected chi connectivity index (χ2v) is 5.06. The topological polar surface area (TPSA) is 43.8 Å². The number of aryl methyl sites for hydroxylation is 1. The molecule has 0 radical (unpaired) electrons. The first-order valence-corrected chi connectivity index (χ1v) is 6.43. The van der Waals surface area contributed by atoms with Gasteiger partial charge in [-0.15, -0.1) is 0 Å². The number of hydrogen-bond donors (Lipinski definition) is 1. The molecule has 96 valence electrons. The number of hydrogen-bond acceptors (Lipinski definition) is 2. The van der Waals surface area contributed by atoms with E-state index in [1.165, 1.54) is 16.9 Å². The molecule has 1 aromatic heterocycles. The Kier molecular flexibility index (Phi) is 3.82. The van der Waals surface area contributed by atoms with Crippen LogP contribution in [0.4, 0.5) is 0 Å². The number of benzene rings is 1. The third-order valence-corrected chi connectivity index (χ3v) is 3.48. The molecule has 0 saturated carbocycles. The second-order valence-electron chi connectivity index (χ2n) is 5.06. The van der Waals surface area contributed by atoms with Crippen molar-refractivity contribution in [2.75, 3.05) is 6.54 Å². The van der Waals surface area contributed by atoms with Crippen molar-refractivity contribution in [3.8, 4) is 5.69 Å². The van der Waals surface area contributed by atoms with Gasteiger partial charge in [0.25, 0.3) is 0 Å². The number of nitrogens with zero attached hydrogens (tertiary/aromatic N) is 2. The Bertz CT molecular complexity index is 514. The molecular formula is C15H21N3. The van der Waals surface area contributed by atoms with Gasteiger partial charge in [0.1, 0.15) is 0 Å². The fourth-order valence-corrected chi connectivity index (χ4v) is 2.35. The molecule has 1 atom stereocenters. The smallest absolute Gasteiger partial charge is 0.0994 e. The molecule has 0 bridgehead atoms. The molecule has 0 aliphatic rings.